The van der Waals surface area contributed by atoms with Gasteiger partial charge in [-0.2, -0.15) is 5.26 Å². The number of aryl methyl sites for hydroxylation is 2. The van der Waals surface area contributed by atoms with Crippen molar-refractivity contribution in [3.8, 4) is 11.8 Å². The molecule has 0 radical (unpaired) electrons. The lowest BCUT2D eigenvalue weighted by atomic mass is 10.2. The van der Waals surface area contributed by atoms with Crippen molar-refractivity contribution in [3.05, 3.63) is 46.1 Å². The van der Waals surface area contributed by atoms with Gasteiger partial charge in [-0.1, -0.05) is 11.6 Å². The number of oxazole rings is 1. The fourth-order valence-corrected chi connectivity index (χ4v) is 1.61. The number of halogens is 1. The van der Waals surface area contributed by atoms with Crippen LogP contribution in [0.15, 0.2) is 22.6 Å². The van der Waals surface area contributed by atoms with Gasteiger partial charge in [0, 0.05) is 11.1 Å². The van der Waals surface area contributed by atoms with Crippen molar-refractivity contribution >= 4 is 11.6 Å². The molecule has 1 heterocycles. The molecule has 0 aliphatic rings. The van der Waals surface area contributed by atoms with Gasteiger partial charge >= 0.3 is 0 Å². The minimum absolute atomic E-state index is 0.170. The van der Waals surface area contributed by atoms with Gasteiger partial charge in [-0.3, -0.25) is 0 Å². The quantitative estimate of drug-likeness (QED) is 0.851. The lowest BCUT2D eigenvalue weighted by molar-refractivity contribution is 0.260. The van der Waals surface area contributed by atoms with E-state index >= 15 is 0 Å². The van der Waals surface area contributed by atoms with Gasteiger partial charge < -0.3 is 9.15 Å². The highest BCUT2D eigenvalue weighted by molar-refractivity contribution is 6.30. The molecule has 0 spiro atoms. The van der Waals surface area contributed by atoms with E-state index in [2.05, 4.69) is 4.98 Å². The zero-order chi connectivity index (χ0) is 13.1. The predicted octanol–water partition coefficient (Wildman–Crippen LogP) is 3.40. The Kier molecular flexibility index (Phi) is 3.54. The summed E-state index contributed by atoms with van der Waals surface area (Å²) in [5.41, 5.74) is 1.26. The second-order valence-electron chi connectivity index (χ2n) is 3.79. The average Bonchev–Trinajstić information content (AvgIpc) is 2.66. The van der Waals surface area contributed by atoms with Crippen molar-refractivity contribution < 1.29 is 9.15 Å². The number of benzene rings is 1. The first kappa shape index (κ1) is 12.5. The highest BCUT2D eigenvalue weighted by Crippen LogP contribution is 2.23. The maximum absolute atomic E-state index is 8.94. The minimum atomic E-state index is 0.170. The number of nitriles is 1. The normalized spacial score (nSPS) is 10.1. The Bertz CT molecular complexity index is 594. The third-order valence-electron chi connectivity index (χ3n) is 2.49. The van der Waals surface area contributed by atoms with E-state index in [-0.39, 0.29) is 6.61 Å². The number of hydrogen-bond acceptors (Lipinski definition) is 4. The van der Waals surface area contributed by atoms with Gasteiger partial charge in [0.25, 0.3) is 0 Å². The van der Waals surface area contributed by atoms with Crippen LogP contribution in [-0.2, 0) is 6.61 Å². The SMILES string of the molecule is Cc1nc(COc2cc(Cl)ccc2C#N)oc1C. The van der Waals surface area contributed by atoms with Gasteiger partial charge in [0.15, 0.2) is 6.61 Å². The molecule has 0 saturated heterocycles. The third kappa shape index (κ3) is 2.63. The van der Waals surface area contributed by atoms with E-state index in [9.17, 15) is 0 Å². The molecule has 0 amide bonds. The van der Waals surface area contributed by atoms with Crippen LogP contribution in [0.4, 0.5) is 0 Å². The summed E-state index contributed by atoms with van der Waals surface area (Å²) in [6.45, 7) is 3.87. The second kappa shape index (κ2) is 5.11. The summed E-state index contributed by atoms with van der Waals surface area (Å²) >= 11 is 5.86. The second-order valence-corrected chi connectivity index (χ2v) is 4.23. The Morgan fingerprint density at radius 2 is 2.22 bits per heavy atom. The predicted molar refractivity (Wildman–Crippen MR) is 66.5 cm³/mol. The molecular formula is C13H11ClN2O2. The van der Waals surface area contributed by atoms with Gasteiger partial charge in [-0.15, -0.1) is 0 Å². The van der Waals surface area contributed by atoms with Crippen LogP contribution in [0.5, 0.6) is 5.75 Å². The van der Waals surface area contributed by atoms with Crippen LogP contribution in [0.2, 0.25) is 5.02 Å². The highest BCUT2D eigenvalue weighted by atomic mass is 35.5. The first-order valence-corrected chi connectivity index (χ1v) is 5.73. The molecule has 0 saturated carbocycles. The topological polar surface area (TPSA) is 59.0 Å². The molecule has 0 atom stereocenters. The largest absolute Gasteiger partial charge is 0.482 e. The van der Waals surface area contributed by atoms with Crippen molar-refractivity contribution in [1.82, 2.24) is 4.98 Å². The molecule has 1 aromatic carbocycles. The molecular weight excluding hydrogens is 252 g/mol. The molecule has 0 bridgehead atoms. The first-order chi connectivity index (χ1) is 8.60. The standard InChI is InChI=1S/C13H11ClN2O2/c1-8-9(2)18-13(16-8)7-17-12-5-11(14)4-3-10(12)6-15/h3-5H,7H2,1-2H3. The van der Waals surface area contributed by atoms with E-state index in [0.29, 0.717) is 22.2 Å². The summed E-state index contributed by atoms with van der Waals surface area (Å²) in [6.07, 6.45) is 0. The number of ether oxygens (including phenoxy) is 1. The van der Waals surface area contributed by atoms with Gasteiger partial charge in [0.2, 0.25) is 5.89 Å². The van der Waals surface area contributed by atoms with Crippen LogP contribution < -0.4 is 4.74 Å². The Morgan fingerprint density at radius 3 is 2.83 bits per heavy atom. The zero-order valence-electron chi connectivity index (χ0n) is 10.0. The zero-order valence-corrected chi connectivity index (χ0v) is 10.8. The summed E-state index contributed by atoms with van der Waals surface area (Å²) in [5.74, 6) is 1.67. The lowest BCUT2D eigenvalue weighted by Crippen LogP contribution is -1.97. The van der Waals surface area contributed by atoms with E-state index in [0.717, 1.165) is 11.5 Å². The number of aromatic nitrogens is 1. The molecule has 0 aliphatic heterocycles. The molecule has 4 nitrogen and oxygen atoms in total. The molecule has 18 heavy (non-hydrogen) atoms. The van der Waals surface area contributed by atoms with Crippen LogP contribution in [0.25, 0.3) is 0 Å². The fraction of sp³-hybridized carbons (Fsp3) is 0.231. The van der Waals surface area contributed by atoms with Crippen molar-refractivity contribution in [2.75, 3.05) is 0 Å². The van der Waals surface area contributed by atoms with Crippen molar-refractivity contribution in [3.63, 3.8) is 0 Å². The molecule has 0 fully saturated rings. The molecule has 2 rings (SSSR count). The smallest absolute Gasteiger partial charge is 0.232 e. The molecule has 0 N–H and O–H groups in total. The Balaban J connectivity index is 2.15. The summed E-state index contributed by atoms with van der Waals surface area (Å²) in [5, 5.41) is 9.46. The Hall–Kier alpha value is -1.99. The number of rotatable bonds is 3. The summed E-state index contributed by atoms with van der Waals surface area (Å²) < 4.78 is 10.9. The van der Waals surface area contributed by atoms with Crippen molar-refractivity contribution in [1.29, 1.82) is 5.26 Å². The molecule has 2 aromatic rings. The van der Waals surface area contributed by atoms with Crippen LogP contribution in [0.3, 0.4) is 0 Å². The number of hydrogen-bond donors (Lipinski definition) is 0. The van der Waals surface area contributed by atoms with Crippen molar-refractivity contribution in [2.45, 2.75) is 20.5 Å². The summed E-state index contributed by atoms with van der Waals surface area (Å²) in [6, 6.07) is 6.90. The fourth-order valence-electron chi connectivity index (χ4n) is 1.45. The Labute approximate surface area is 110 Å². The Morgan fingerprint density at radius 1 is 1.44 bits per heavy atom. The van der Waals surface area contributed by atoms with Gasteiger partial charge in [0.1, 0.15) is 17.6 Å². The maximum Gasteiger partial charge on any atom is 0.232 e. The van der Waals surface area contributed by atoms with Crippen LogP contribution >= 0.6 is 11.6 Å². The van der Waals surface area contributed by atoms with Crippen LogP contribution in [0, 0.1) is 25.2 Å². The van der Waals surface area contributed by atoms with Gasteiger partial charge in [-0.05, 0) is 26.0 Å². The van der Waals surface area contributed by atoms with Gasteiger partial charge in [-0.25, -0.2) is 4.98 Å². The van der Waals surface area contributed by atoms with E-state index < -0.39 is 0 Å². The van der Waals surface area contributed by atoms with E-state index in [1.807, 2.05) is 19.9 Å². The van der Waals surface area contributed by atoms with E-state index in [4.69, 9.17) is 26.0 Å². The first-order valence-electron chi connectivity index (χ1n) is 5.35. The van der Waals surface area contributed by atoms with Gasteiger partial charge in [0.05, 0.1) is 11.3 Å². The van der Waals surface area contributed by atoms with Crippen LogP contribution in [0.1, 0.15) is 22.9 Å². The number of nitrogens with zero attached hydrogens (tertiary/aromatic N) is 2. The summed E-state index contributed by atoms with van der Waals surface area (Å²) in [7, 11) is 0. The molecule has 0 aliphatic carbocycles. The maximum atomic E-state index is 8.94. The molecule has 5 heteroatoms. The monoisotopic (exact) mass is 262 g/mol. The average molecular weight is 263 g/mol. The van der Waals surface area contributed by atoms with E-state index in [1.165, 1.54) is 0 Å². The van der Waals surface area contributed by atoms with Crippen molar-refractivity contribution in [2.24, 2.45) is 0 Å². The third-order valence-corrected chi connectivity index (χ3v) is 2.72. The summed E-state index contributed by atoms with van der Waals surface area (Å²) in [4.78, 5) is 4.20. The minimum Gasteiger partial charge on any atom is -0.482 e. The molecule has 1 aromatic heterocycles. The molecule has 0 unspecified atom stereocenters. The van der Waals surface area contributed by atoms with E-state index in [1.54, 1.807) is 18.2 Å². The molecule has 92 valence electrons. The lowest BCUT2D eigenvalue weighted by Gasteiger charge is -2.05. The van der Waals surface area contributed by atoms with Crippen LogP contribution in [-0.4, -0.2) is 4.98 Å². The highest BCUT2D eigenvalue weighted by Gasteiger charge is 2.09.